The van der Waals surface area contributed by atoms with Crippen molar-refractivity contribution in [2.24, 2.45) is 4.99 Å². The molecule has 1 rings (SSSR count). The van der Waals surface area contributed by atoms with E-state index in [9.17, 15) is 4.79 Å². The van der Waals surface area contributed by atoms with Gasteiger partial charge in [-0.15, -0.1) is 0 Å². The van der Waals surface area contributed by atoms with Gasteiger partial charge in [-0.25, -0.2) is 0 Å². The van der Waals surface area contributed by atoms with E-state index in [1.54, 1.807) is 18.8 Å². The van der Waals surface area contributed by atoms with Gasteiger partial charge in [0.15, 0.2) is 5.17 Å². The molecule has 0 aromatic heterocycles. The van der Waals surface area contributed by atoms with E-state index < -0.39 is 0 Å². The van der Waals surface area contributed by atoms with E-state index in [2.05, 4.69) is 22.5 Å². The lowest BCUT2D eigenvalue weighted by Gasteiger charge is -2.21. The zero-order valence-electron chi connectivity index (χ0n) is 7.96. The largest absolute Gasteiger partial charge is 0.362 e. The standard InChI is InChI=1S/C8H15N3OS/c1-6-3-4-13-8(11-6)10-5-7(12)9-2/h6H,3-5H2,1-2H3,(H,9,12)(H,10,11). The number of aliphatic imine (C=N–C) groups is 1. The lowest BCUT2D eigenvalue weighted by atomic mass is 10.3. The van der Waals surface area contributed by atoms with Crippen LogP contribution in [0.15, 0.2) is 4.99 Å². The van der Waals surface area contributed by atoms with Gasteiger partial charge in [0.1, 0.15) is 6.54 Å². The summed E-state index contributed by atoms with van der Waals surface area (Å²) in [4.78, 5) is 15.0. The quantitative estimate of drug-likeness (QED) is 0.671. The minimum Gasteiger partial charge on any atom is -0.362 e. The van der Waals surface area contributed by atoms with E-state index in [4.69, 9.17) is 0 Å². The molecule has 13 heavy (non-hydrogen) atoms. The van der Waals surface area contributed by atoms with Gasteiger partial charge in [-0.05, 0) is 13.3 Å². The summed E-state index contributed by atoms with van der Waals surface area (Å²) in [6.07, 6.45) is 1.16. The molecule has 0 aromatic carbocycles. The van der Waals surface area contributed by atoms with Gasteiger partial charge in [0.25, 0.3) is 0 Å². The van der Waals surface area contributed by atoms with Gasteiger partial charge in [0, 0.05) is 18.8 Å². The monoisotopic (exact) mass is 201 g/mol. The summed E-state index contributed by atoms with van der Waals surface area (Å²) in [5.41, 5.74) is 0. The summed E-state index contributed by atoms with van der Waals surface area (Å²) in [5.74, 6) is 1.04. The molecular formula is C8H15N3OS. The van der Waals surface area contributed by atoms with Gasteiger partial charge in [-0.2, -0.15) is 0 Å². The highest BCUT2D eigenvalue weighted by atomic mass is 32.2. The van der Waals surface area contributed by atoms with E-state index in [0.717, 1.165) is 17.3 Å². The van der Waals surface area contributed by atoms with Crippen LogP contribution in [0.25, 0.3) is 0 Å². The van der Waals surface area contributed by atoms with Crippen molar-refractivity contribution >= 4 is 22.8 Å². The SMILES string of the molecule is CNC(=O)CN=C1NC(C)CCS1. The van der Waals surface area contributed by atoms with Gasteiger partial charge >= 0.3 is 0 Å². The summed E-state index contributed by atoms with van der Waals surface area (Å²) < 4.78 is 0. The molecule has 0 saturated carbocycles. The van der Waals surface area contributed by atoms with Crippen molar-refractivity contribution in [1.29, 1.82) is 0 Å². The highest BCUT2D eigenvalue weighted by Crippen LogP contribution is 2.12. The first-order valence-electron chi connectivity index (χ1n) is 4.36. The normalized spacial score (nSPS) is 25.4. The molecule has 1 aliphatic heterocycles. The van der Waals surface area contributed by atoms with Crippen molar-refractivity contribution in [3.05, 3.63) is 0 Å². The molecule has 1 saturated heterocycles. The van der Waals surface area contributed by atoms with Crippen molar-refractivity contribution in [3.63, 3.8) is 0 Å². The summed E-state index contributed by atoms with van der Waals surface area (Å²) in [6, 6.07) is 0.477. The third-order valence-corrected chi connectivity index (χ3v) is 2.76. The number of rotatable bonds is 2. The maximum absolute atomic E-state index is 10.9. The average molecular weight is 201 g/mol. The minimum absolute atomic E-state index is 0.0480. The number of amidine groups is 1. The van der Waals surface area contributed by atoms with E-state index >= 15 is 0 Å². The molecule has 1 aliphatic rings. The molecule has 0 bridgehead atoms. The van der Waals surface area contributed by atoms with Crippen LogP contribution in [0.5, 0.6) is 0 Å². The Morgan fingerprint density at radius 3 is 3.23 bits per heavy atom. The summed E-state index contributed by atoms with van der Waals surface area (Å²) in [7, 11) is 1.62. The van der Waals surface area contributed by atoms with Gasteiger partial charge in [-0.1, -0.05) is 11.8 Å². The number of nitrogens with one attached hydrogen (secondary N) is 2. The van der Waals surface area contributed by atoms with Crippen LogP contribution in [-0.2, 0) is 4.79 Å². The second kappa shape index (κ2) is 5.11. The van der Waals surface area contributed by atoms with Crippen molar-refractivity contribution in [2.45, 2.75) is 19.4 Å². The van der Waals surface area contributed by atoms with Crippen LogP contribution >= 0.6 is 11.8 Å². The molecule has 4 nitrogen and oxygen atoms in total. The summed E-state index contributed by atoms with van der Waals surface area (Å²) in [6.45, 7) is 2.34. The number of hydrogen-bond donors (Lipinski definition) is 2. The molecule has 1 fully saturated rings. The van der Waals surface area contributed by atoms with Crippen molar-refractivity contribution in [3.8, 4) is 0 Å². The fourth-order valence-corrected chi connectivity index (χ4v) is 2.08. The van der Waals surface area contributed by atoms with Gasteiger partial charge in [-0.3, -0.25) is 9.79 Å². The Balaban J connectivity index is 2.37. The number of likely N-dealkylation sites (N-methyl/N-ethyl adjacent to an activating group) is 1. The maximum atomic E-state index is 10.9. The van der Waals surface area contributed by atoms with Crippen LogP contribution < -0.4 is 10.6 Å². The average Bonchev–Trinajstić information content (AvgIpc) is 2.14. The number of hydrogen-bond acceptors (Lipinski definition) is 3. The Kier molecular flexibility index (Phi) is 4.08. The molecule has 1 amide bonds. The molecule has 2 N–H and O–H groups in total. The molecule has 0 aromatic rings. The number of carbonyl (C=O) groups is 1. The number of carbonyl (C=O) groups excluding carboxylic acids is 1. The number of amides is 1. The molecule has 0 aliphatic carbocycles. The van der Waals surface area contributed by atoms with Crippen molar-refractivity contribution in [2.75, 3.05) is 19.3 Å². The molecular weight excluding hydrogens is 186 g/mol. The molecule has 0 spiro atoms. The Morgan fingerprint density at radius 2 is 2.62 bits per heavy atom. The second-order valence-corrected chi connectivity index (χ2v) is 4.06. The first kappa shape index (κ1) is 10.4. The van der Waals surface area contributed by atoms with Crippen LogP contribution in [0.1, 0.15) is 13.3 Å². The van der Waals surface area contributed by atoms with Crippen LogP contribution in [0, 0.1) is 0 Å². The van der Waals surface area contributed by atoms with Crippen LogP contribution in [0.4, 0.5) is 0 Å². The third kappa shape index (κ3) is 3.67. The lowest BCUT2D eigenvalue weighted by molar-refractivity contribution is -0.119. The summed E-state index contributed by atoms with van der Waals surface area (Å²) >= 11 is 1.68. The zero-order valence-corrected chi connectivity index (χ0v) is 8.78. The van der Waals surface area contributed by atoms with Crippen LogP contribution in [-0.4, -0.2) is 36.5 Å². The Morgan fingerprint density at radius 1 is 1.85 bits per heavy atom. The highest BCUT2D eigenvalue weighted by molar-refractivity contribution is 8.13. The van der Waals surface area contributed by atoms with Crippen molar-refractivity contribution < 1.29 is 4.79 Å². The van der Waals surface area contributed by atoms with E-state index in [1.165, 1.54) is 0 Å². The molecule has 1 heterocycles. The Hall–Kier alpha value is -0.710. The predicted molar refractivity (Wildman–Crippen MR) is 56.0 cm³/mol. The van der Waals surface area contributed by atoms with Crippen LogP contribution in [0.2, 0.25) is 0 Å². The van der Waals surface area contributed by atoms with E-state index in [-0.39, 0.29) is 12.5 Å². The molecule has 1 unspecified atom stereocenters. The second-order valence-electron chi connectivity index (χ2n) is 2.98. The lowest BCUT2D eigenvalue weighted by Crippen LogP contribution is -2.36. The minimum atomic E-state index is -0.0480. The molecule has 1 atom stereocenters. The van der Waals surface area contributed by atoms with Gasteiger partial charge in [0.05, 0.1) is 0 Å². The fourth-order valence-electron chi connectivity index (χ4n) is 0.971. The smallest absolute Gasteiger partial charge is 0.241 e. The first-order valence-corrected chi connectivity index (χ1v) is 5.35. The number of nitrogens with zero attached hydrogens (tertiary/aromatic N) is 1. The maximum Gasteiger partial charge on any atom is 0.241 e. The fraction of sp³-hybridized carbons (Fsp3) is 0.750. The Labute approximate surface area is 82.6 Å². The van der Waals surface area contributed by atoms with Crippen molar-refractivity contribution in [1.82, 2.24) is 10.6 Å². The zero-order chi connectivity index (χ0) is 9.68. The Bertz CT molecular complexity index is 217. The summed E-state index contributed by atoms with van der Waals surface area (Å²) in [5, 5.41) is 6.65. The molecule has 0 radical (unpaired) electrons. The number of thioether (sulfide) groups is 1. The topological polar surface area (TPSA) is 53.5 Å². The molecule has 5 heteroatoms. The predicted octanol–water partition coefficient (Wildman–Crippen LogP) is 0.203. The van der Waals surface area contributed by atoms with Gasteiger partial charge < -0.3 is 10.6 Å². The van der Waals surface area contributed by atoms with E-state index in [0.29, 0.717) is 6.04 Å². The highest BCUT2D eigenvalue weighted by Gasteiger charge is 2.12. The van der Waals surface area contributed by atoms with Gasteiger partial charge in [0.2, 0.25) is 5.91 Å². The third-order valence-electron chi connectivity index (χ3n) is 1.80. The molecule has 74 valence electrons. The first-order chi connectivity index (χ1) is 6.22. The van der Waals surface area contributed by atoms with Crippen LogP contribution in [0.3, 0.4) is 0 Å². The van der Waals surface area contributed by atoms with E-state index in [1.807, 2.05) is 0 Å².